The number of carbonyl (C=O) groups is 1. The standard InChI is InChI=1S/C22H29NO5S/c1-4-26-17-12-15(13-18(27-5-2)20(17)28-6-3)21(24)23-14-22(25,16-9-10-16)19-8-7-11-29-19/h7-8,11-13,16,25H,4-6,9-10,14H2,1-3H3,(H,23,24). The Labute approximate surface area is 175 Å². The number of aliphatic hydroxyl groups is 1. The maximum Gasteiger partial charge on any atom is 0.251 e. The molecule has 6 nitrogen and oxygen atoms in total. The van der Waals surface area contributed by atoms with Gasteiger partial charge < -0.3 is 24.6 Å². The zero-order valence-corrected chi connectivity index (χ0v) is 18.0. The lowest BCUT2D eigenvalue weighted by Crippen LogP contribution is -2.42. The topological polar surface area (TPSA) is 77.0 Å². The van der Waals surface area contributed by atoms with Gasteiger partial charge in [0.05, 0.1) is 26.4 Å². The molecule has 2 N–H and O–H groups in total. The van der Waals surface area contributed by atoms with E-state index in [1.165, 1.54) is 11.3 Å². The molecule has 1 saturated carbocycles. The number of hydrogen-bond donors (Lipinski definition) is 2. The smallest absolute Gasteiger partial charge is 0.251 e. The van der Waals surface area contributed by atoms with Crippen molar-refractivity contribution in [2.75, 3.05) is 26.4 Å². The molecule has 2 aromatic rings. The van der Waals surface area contributed by atoms with Crippen LogP contribution in [-0.2, 0) is 5.60 Å². The van der Waals surface area contributed by atoms with Gasteiger partial charge in [-0.05, 0) is 63.1 Å². The Kier molecular flexibility index (Phi) is 7.03. The van der Waals surface area contributed by atoms with Crippen LogP contribution in [0.2, 0.25) is 0 Å². The summed E-state index contributed by atoms with van der Waals surface area (Å²) in [6, 6.07) is 7.16. The first-order valence-electron chi connectivity index (χ1n) is 10.1. The highest BCUT2D eigenvalue weighted by molar-refractivity contribution is 7.10. The molecule has 0 spiro atoms. The Balaban J connectivity index is 1.82. The minimum atomic E-state index is -1.03. The monoisotopic (exact) mass is 419 g/mol. The van der Waals surface area contributed by atoms with E-state index in [4.69, 9.17) is 14.2 Å². The minimum absolute atomic E-state index is 0.165. The third-order valence-corrected chi connectivity index (χ3v) is 5.93. The molecule has 1 heterocycles. The fourth-order valence-corrected chi connectivity index (χ4v) is 4.26. The molecule has 1 atom stereocenters. The highest BCUT2D eigenvalue weighted by Gasteiger charge is 2.46. The van der Waals surface area contributed by atoms with Crippen molar-refractivity contribution in [2.45, 2.75) is 39.2 Å². The van der Waals surface area contributed by atoms with Gasteiger partial charge in [0.15, 0.2) is 11.5 Å². The minimum Gasteiger partial charge on any atom is -0.490 e. The van der Waals surface area contributed by atoms with Gasteiger partial charge in [0, 0.05) is 10.4 Å². The van der Waals surface area contributed by atoms with Crippen LogP contribution in [0, 0.1) is 5.92 Å². The third-order valence-electron chi connectivity index (χ3n) is 4.89. The highest BCUT2D eigenvalue weighted by atomic mass is 32.1. The largest absolute Gasteiger partial charge is 0.490 e. The highest BCUT2D eigenvalue weighted by Crippen LogP contribution is 2.47. The Morgan fingerprint density at radius 2 is 1.76 bits per heavy atom. The van der Waals surface area contributed by atoms with Crippen LogP contribution >= 0.6 is 11.3 Å². The van der Waals surface area contributed by atoms with Crippen LogP contribution in [0.25, 0.3) is 0 Å². The molecule has 158 valence electrons. The van der Waals surface area contributed by atoms with Crippen molar-refractivity contribution in [3.8, 4) is 17.2 Å². The molecule has 1 fully saturated rings. The van der Waals surface area contributed by atoms with Gasteiger partial charge in [-0.2, -0.15) is 0 Å². The number of rotatable bonds is 11. The number of hydrogen-bond acceptors (Lipinski definition) is 6. The molecule has 29 heavy (non-hydrogen) atoms. The van der Waals surface area contributed by atoms with Gasteiger partial charge in [-0.3, -0.25) is 4.79 Å². The Morgan fingerprint density at radius 3 is 2.24 bits per heavy atom. The number of carbonyl (C=O) groups excluding carboxylic acids is 1. The zero-order chi connectivity index (χ0) is 20.9. The normalized spacial score (nSPS) is 15.4. The second-order valence-corrected chi connectivity index (χ2v) is 7.91. The summed E-state index contributed by atoms with van der Waals surface area (Å²) in [5.74, 6) is 1.34. The molecule has 1 amide bonds. The van der Waals surface area contributed by atoms with Crippen LogP contribution < -0.4 is 19.5 Å². The van der Waals surface area contributed by atoms with E-state index in [2.05, 4.69) is 5.32 Å². The summed E-state index contributed by atoms with van der Waals surface area (Å²) in [5, 5.41) is 16.1. The molecule has 0 bridgehead atoms. The van der Waals surface area contributed by atoms with E-state index in [1.807, 2.05) is 38.3 Å². The van der Waals surface area contributed by atoms with E-state index in [0.29, 0.717) is 42.6 Å². The van der Waals surface area contributed by atoms with Gasteiger partial charge >= 0.3 is 0 Å². The lowest BCUT2D eigenvalue weighted by Gasteiger charge is -2.27. The van der Waals surface area contributed by atoms with Crippen LogP contribution in [0.1, 0.15) is 48.8 Å². The third kappa shape index (κ3) is 4.85. The quantitative estimate of drug-likeness (QED) is 0.576. The molecule has 7 heteroatoms. The van der Waals surface area contributed by atoms with Crippen molar-refractivity contribution >= 4 is 17.2 Å². The molecule has 0 saturated heterocycles. The number of amides is 1. The number of benzene rings is 1. The van der Waals surface area contributed by atoms with Gasteiger partial charge in [0.2, 0.25) is 5.75 Å². The van der Waals surface area contributed by atoms with E-state index in [9.17, 15) is 9.90 Å². The second kappa shape index (κ2) is 9.50. The van der Waals surface area contributed by atoms with Crippen molar-refractivity contribution < 1.29 is 24.1 Å². The SMILES string of the molecule is CCOc1cc(C(=O)NCC(O)(c2cccs2)C2CC2)cc(OCC)c1OCC. The van der Waals surface area contributed by atoms with Gasteiger partial charge in [-0.1, -0.05) is 6.07 Å². The summed E-state index contributed by atoms with van der Waals surface area (Å²) >= 11 is 1.51. The summed E-state index contributed by atoms with van der Waals surface area (Å²) in [7, 11) is 0. The summed E-state index contributed by atoms with van der Waals surface area (Å²) in [4.78, 5) is 13.8. The van der Waals surface area contributed by atoms with E-state index in [-0.39, 0.29) is 18.4 Å². The predicted octanol–water partition coefficient (Wildman–Crippen LogP) is 3.97. The van der Waals surface area contributed by atoms with Crippen molar-refractivity contribution in [1.29, 1.82) is 0 Å². The first-order valence-corrected chi connectivity index (χ1v) is 11.0. The van der Waals surface area contributed by atoms with Gasteiger partial charge in [0.25, 0.3) is 5.91 Å². The molecular weight excluding hydrogens is 390 g/mol. The van der Waals surface area contributed by atoms with E-state index >= 15 is 0 Å². The van der Waals surface area contributed by atoms with E-state index in [0.717, 1.165) is 17.7 Å². The van der Waals surface area contributed by atoms with Crippen LogP contribution in [0.3, 0.4) is 0 Å². The van der Waals surface area contributed by atoms with Gasteiger partial charge in [0.1, 0.15) is 5.60 Å². The first-order chi connectivity index (χ1) is 14.0. The molecule has 3 rings (SSSR count). The van der Waals surface area contributed by atoms with Crippen molar-refractivity contribution in [1.82, 2.24) is 5.32 Å². The van der Waals surface area contributed by atoms with Crippen molar-refractivity contribution in [3.63, 3.8) is 0 Å². The van der Waals surface area contributed by atoms with Gasteiger partial charge in [-0.25, -0.2) is 0 Å². The fourth-order valence-electron chi connectivity index (χ4n) is 3.36. The summed E-state index contributed by atoms with van der Waals surface area (Å²) in [5.41, 5.74) is -0.620. The molecular formula is C22H29NO5S. The molecule has 0 aliphatic heterocycles. The Morgan fingerprint density at radius 1 is 1.14 bits per heavy atom. The molecule has 1 aliphatic rings. The van der Waals surface area contributed by atoms with Gasteiger partial charge in [-0.15, -0.1) is 11.3 Å². The maximum absolute atomic E-state index is 12.9. The average Bonchev–Trinajstić information content (AvgIpc) is 3.43. The fraction of sp³-hybridized carbons (Fsp3) is 0.500. The Bertz CT molecular complexity index is 792. The summed E-state index contributed by atoms with van der Waals surface area (Å²) in [6.45, 7) is 7.14. The van der Waals surface area contributed by atoms with E-state index < -0.39 is 5.60 Å². The number of ether oxygens (including phenoxy) is 3. The summed E-state index contributed by atoms with van der Waals surface area (Å²) < 4.78 is 17.1. The molecule has 1 aromatic carbocycles. The Hall–Kier alpha value is -2.25. The lowest BCUT2D eigenvalue weighted by atomic mass is 9.95. The maximum atomic E-state index is 12.9. The lowest BCUT2D eigenvalue weighted by molar-refractivity contribution is 0.0169. The van der Waals surface area contributed by atoms with E-state index in [1.54, 1.807) is 12.1 Å². The van der Waals surface area contributed by atoms with Crippen LogP contribution in [0.15, 0.2) is 29.6 Å². The predicted molar refractivity (Wildman–Crippen MR) is 113 cm³/mol. The first kappa shape index (κ1) is 21.5. The number of thiophene rings is 1. The van der Waals surface area contributed by atoms with Crippen LogP contribution in [-0.4, -0.2) is 37.4 Å². The zero-order valence-electron chi connectivity index (χ0n) is 17.2. The van der Waals surface area contributed by atoms with Crippen LogP contribution in [0.4, 0.5) is 0 Å². The molecule has 1 aromatic heterocycles. The second-order valence-electron chi connectivity index (χ2n) is 6.96. The summed E-state index contributed by atoms with van der Waals surface area (Å²) in [6.07, 6.45) is 1.94. The van der Waals surface area contributed by atoms with Crippen molar-refractivity contribution in [3.05, 3.63) is 40.1 Å². The molecule has 0 radical (unpaired) electrons. The average molecular weight is 420 g/mol. The number of nitrogens with one attached hydrogen (secondary N) is 1. The van der Waals surface area contributed by atoms with Crippen molar-refractivity contribution in [2.24, 2.45) is 5.92 Å². The molecule has 1 unspecified atom stereocenters. The molecule has 1 aliphatic carbocycles. The van der Waals surface area contributed by atoms with Crippen LogP contribution in [0.5, 0.6) is 17.2 Å².